The molecule has 2 nitrogen and oxygen atoms in total. The third kappa shape index (κ3) is 11.1. The number of rotatable bonds is 0. The van der Waals surface area contributed by atoms with Crippen molar-refractivity contribution in [1.82, 2.24) is 0 Å². The normalized spacial score (nSPS) is 0. The molecule has 0 saturated heterocycles. The molecule has 0 aromatic rings. The van der Waals surface area contributed by atoms with E-state index in [9.17, 15) is 0 Å². The van der Waals surface area contributed by atoms with Gasteiger partial charge in [-0.15, -0.1) is 0 Å². The second-order valence-corrected chi connectivity index (χ2v) is 0. The molecule has 0 spiro atoms. The van der Waals surface area contributed by atoms with Crippen molar-refractivity contribution < 1.29 is 49.4 Å². The van der Waals surface area contributed by atoms with Gasteiger partial charge in [0.05, 0.1) is 0 Å². The predicted molar refractivity (Wildman–Crippen MR) is 7.23 cm³/mol. The minimum Gasteiger partial charge on any atom is -0.412 e. The Morgan fingerprint density at radius 2 is 0.750 bits per heavy atom. The van der Waals surface area contributed by atoms with Gasteiger partial charge >= 0.3 is 0 Å². The molecule has 0 unspecified atom stereocenters. The Kier molecular flexibility index (Phi) is 531. The molecule has 0 aliphatic heterocycles. The van der Waals surface area contributed by atoms with E-state index in [2.05, 4.69) is 0 Å². The Balaban J connectivity index is 0. The monoisotopic (exact) mass is 143 g/mol. The topological polar surface area (TPSA) is 63.0 Å². The van der Waals surface area contributed by atoms with Crippen LogP contribution < -0.4 is 0 Å². The molecule has 0 aromatic carbocycles. The summed E-state index contributed by atoms with van der Waals surface area (Å²) >= 11 is 0. The Hall–Kier alpha value is 1.14. The SMILES string of the molecule is O.O.[Co].[Ti]. The van der Waals surface area contributed by atoms with Crippen LogP contribution in [0.3, 0.4) is 0 Å². The molecule has 4 heavy (non-hydrogen) atoms. The van der Waals surface area contributed by atoms with Crippen LogP contribution in [0.15, 0.2) is 0 Å². The number of hydrogen-bond acceptors (Lipinski definition) is 0. The van der Waals surface area contributed by atoms with Crippen LogP contribution in [0.2, 0.25) is 0 Å². The fourth-order valence-corrected chi connectivity index (χ4v) is 0. The molecule has 0 amide bonds. The molecule has 1 radical (unpaired) electrons. The summed E-state index contributed by atoms with van der Waals surface area (Å²) in [4.78, 5) is 0. The van der Waals surface area contributed by atoms with Gasteiger partial charge in [-0.25, -0.2) is 0 Å². The van der Waals surface area contributed by atoms with E-state index in [1.54, 1.807) is 0 Å². The molecule has 0 bridgehead atoms. The van der Waals surface area contributed by atoms with E-state index in [4.69, 9.17) is 0 Å². The summed E-state index contributed by atoms with van der Waals surface area (Å²) in [6.45, 7) is 0. The molecule has 0 aliphatic carbocycles. The summed E-state index contributed by atoms with van der Waals surface area (Å²) in [7, 11) is 0. The fourth-order valence-electron chi connectivity index (χ4n) is 0. The largest absolute Gasteiger partial charge is 0.412 e. The van der Waals surface area contributed by atoms with E-state index < -0.39 is 0 Å². The average molecular weight is 143 g/mol. The zero-order valence-corrected chi connectivity index (χ0v) is 4.44. The van der Waals surface area contributed by atoms with Crippen LogP contribution in [0, 0.1) is 0 Å². The van der Waals surface area contributed by atoms with Crippen molar-refractivity contribution in [2.75, 3.05) is 0 Å². The van der Waals surface area contributed by atoms with Gasteiger partial charge in [-0.1, -0.05) is 0 Å². The van der Waals surface area contributed by atoms with Crippen LogP contribution in [0.25, 0.3) is 0 Å². The number of hydrogen-bond donors (Lipinski definition) is 0. The van der Waals surface area contributed by atoms with E-state index >= 15 is 0 Å². The summed E-state index contributed by atoms with van der Waals surface area (Å²) in [5, 5.41) is 0. The third-order valence-corrected chi connectivity index (χ3v) is 0. The molecule has 0 saturated carbocycles. The minimum atomic E-state index is 0. The van der Waals surface area contributed by atoms with Gasteiger partial charge in [0, 0.05) is 38.5 Å². The summed E-state index contributed by atoms with van der Waals surface area (Å²) in [6.07, 6.45) is 0. The first-order valence-corrected chi connectivity index (χ1v) is 0. The van der Waals surface area contributed by atoms with Gasteiger partial charge in [0.25, 0.3) is 0 Å². The third-order valence-electron chi connectivity index (χ3n) is 0. The zero-order valence-electron chi connectivity index (χ0n) is 1.83. The Morgan fingerprint density at radius 1 is 0.750 bits per heavy atom. The minimum absolute atomic E-state index is 0. The van der Waals surface area contributed by atoms with Crippen molar-refractivity contribution in [2.24, 2.45) is 0 Å². The molecule has 29 valence electrons. The van der Waals surface area contributed by atoms with Crippen LogP contribution >= 0.6 is 0 Å². The van der Waals surface area contributed by atoms with Gasteiger partial charge < -0.3 is 11.0 Å². The first-order valence-electron chi connectivity index (χ1n) is 0. The van der Waals surface area contributed by atoms with Gasteiger partial charge in [0.2, 0.25) is 0 Å². The van der Waals surface area contributed by atoms with Crippen molar-refractivity contribution in [3.05, 3.63) is 0 Å². The van der Waals surface area contributed by atoms with Gasteiger partial charge in [0.1, 0.15) is 0 Å². The molecule has 0 rings (SSSR count). The average Bonchev–Trinajstić information content (AvgIpc) is 0. The van der Waals surface area contributed by atoms with Crippen molar-refractivity contribution in [1.29, 1.82) is 0 Å². The van der Waals surface area contributed by atoms with Crippen LogP contribution in [0.5, 0.6) is 0 Å². The standard InChI is InChI=1S/Co.2H2O.Ti/h;2*1H2;. The Morgan fingerprint density at radius 3 is 0.750 bits per heavy atom. The molecule has 0 fully saturated rings. The second-order valence-electron chi connectivity index (χ2n) is 0. The predicted octanol–water partition coefficient (Wildman–Crippen LogP) is -1.65. The molecule has 0 atom stereocenters. The molecule has 4 heteroatoms. The van der Waals surface area contributed by atoms with Gasteiger partial charge in [0.15, 0.2) is 0 Å². The van der Waals surface area contributed by atoms with E-state index in [0.29, 0.717) is 0 Å². The molecular weight excluding hydrogens is 139 g/mol. The molecule has 0 aromatic heterocycles. The summed E-state index contributed by atoms with van der Waals surface area (Å²) < 4.78 is 0. The van der Waals surface area contributed by atoms with Gasteiger partial charge in [-0.3, -0.25) is 0 Å². The second kappa shape index (κ2) is 31.4. The van der Waals surface area contributed by atoms with Crippen molar-refractivity contribution in [3.8, 4) is 0 Å². The maximum atomic E-state index is 0. The Labute approximate surface area is 49.7 Å². The first-order chi connectivity index (χ1) is 0. The van der Waals surface area contributed by atoms with Crippen LogP contribution in [-0.4, -0.2) is 11.0 Å². The smallest absolute Gasteiger partial charge is 0 e. The van der Waals surface area contributed by atoms with Crippen molar-refractivity contribution >= 4 is 0 Å². The molecule has 4 N–H and O–H groups in total. The fraction of sp³-hybridized carbons (Fsp3) is 0. The van der Waals surface area contributed by atoms with E-state index in [0.717, 1.165) is 0 Å². The van der Waals surface area contributed by atoms with E-state index in [1.807, 2.05) is 0 Å². The van der Waals surface area contributed by atoms with Crippen molar-refractivity contribution in [3.63, 3.8) is 0 Å². The first kappa shape index (κ1) is 67.7. The molecule has 0 heterocycles. The summed E-state index contributed by atoms with van der Waals surface area (Å²) in [5.41, 5.74) is 0. The Bertz CT molecular complexity index is 6.00. The van der Waals surface area contributed by atoms with Crippen molar-refractivity contribution in [2.45, 2.75) is 0 Å². The quantitative estimate of drug-likeness (QED) is 0.364. The molecule has 0 aliphatic rings. The van der Waals surface area contributed by atoms with Crippen LogP contribution in [-0.2, 0) is 38.5 Å². The zero-order chi connectivity index (χ0) is 0. The summed E-state index contributed by atoms with van der Waals surface area (Å²) in [5.74, 6) is 0. The maximum absolute atomic E-state index is 0. The molecular formula is H4CoO2Ti. The van der Waals surface area contributed by atoms with Gasteiger partial charge in [-0.05, 0) is 0 Å². The maximum Gasteiger partial charge on any atom is 0 e. The summed E-state index contributed by atoms with van der Waals surface area (Å²) in [6, 6.07) is 0. The van der Waals surface area contributed by atoms with Gasteiger partial charge in [-0.2, -0.15) is 0 Å². The van der Waals surface area contributed by atoms with Crippen LogP contribution in [0.4, 0.5) is 0 Å². The van der Waals surface area contributed by atoms with E-state index in [1.165, 1.54) is 0 Å². The van der Waals surface area contributed by atoms with Crippen LogP contribution in [0.1, 0.15) is 0 Å². The van der Waals surface area contributed by atoms with E-state index in [-0.39, 0.29) is 49.4 Å².